The van der Waals surface area contributed by atoms with E-state index in [0.717, 1.165) is 34.1 Å². The van der Waals surface area contributed by atoms with Gasteiger partial charge in [0, 0.05) is 38.6 Å². The van der Waals surface area contributed by atoms with E-state index in [-0.39, 0.29) is 24.7 Å². The largest absolute Gasteiger partial charge is 2.00 e. The molecule has 0 saturated heterocycles. The number of nitrogens with zero attached hydrogens (tertiary/aromatic N) is 5. The number of nitrogens with one attached hydrogen (secondary N) is 1. The van der Waals surface area contributed by atoms with Crippen LogP contribution in [0.1, 0.15) is 169 Å². The maximum atomic E-state index is 4.73. The summed E-state index contributed by atoms with van der Waals surface area (Å²) in [5, 5.41) is 0. The van der Waals surface area contributed by atoms with Crippen LogP contribution in [0.15, 0.2) is 125 Å². The van der Waals surface area contributed by atoms with Crippen molar-refractivity contribution in [2.45, 2.75) is 119 Å². The quantitative estimate of drug-likeness (QED) is 0.0981. The Hall–Kier alpha value is -4.55. The minimum Gasteiger partial charge on any atom is -0.663 e. The molecule has 3 aromatic heterocycles. The van der Waals surface area contributed by atoms with Crippen molar-refractivity contribution in [3.05, 3.63) is 160 Å². The number of H-pyrrole nitrogens is 1. The third-order valence-corrected chi connectivity index (χ3v) is 9.79. The molecule has 0 aliphatic heterocycles. The summed E-state index contributed by atoms with van der Waals surface area (Å²) in [5.74, 6) is 2.85. The van der Waals surface area contributed by atoms with Gasteiger partial charge in [-0.15, -0.1) is 11.4 Å². The Labute approximate surface area is 387 Å². The molecule has 0 atom stereocenters. The van der Waals surface area contributed by atoms with Crippen molar-refractivity contribution in [3.63, 3.8) is 0 Å². The molecule has 333 valence electrons. The number of hydrogen-bond acceptors (Lipinski definition) is 3. The summed E-state index contributed by atoms with van der Waals surface area (Å²) in [7, 11) is 0.120. The second-order valence-corrected chi connectivity index (χ2v) is 20.8. The predicted octanol–water partition coefficient (Wildman–Crippen LogP) is 15.4. The molecule has 0 amide bonds. The summed E-state index contributed by atoms with van der Waals surface area (Å²) < 4.78 is 0. The van der Waals surface area contributed by atoms with Crippen molar-refractivity contribution in [1.29, 1.82) is 0 Å². The Morgan fingerprint density at radius 3 is 0.935 bits per heavy atom. The van der Waals surface area contributed by atoms with Crippen molar-refractivity contribution in [3.8, 4) is 0 Å². The van der Waals surface area contributed by atoms with Gasteiger partial charge < -0.3 is 15.0 Å². The van der Waals surface area contributed by atoms with Gasteiger partial charge in [-0.2, -0.15) is 12.4 Å². The molecular weight excluding hydrogens is 823 g/mol. The van der Waals surface area contributed by atoms with Crippen molar-refractivity contribution >= 4 is 43.6 Å². The molecular formula is C54H74CoN6P+. The standard InChI is InChI=1S/C17H22N2.2C17H21N2.C3H9P.Co/c3*1-12(2)15-8-5-9-16(13(3)4)17(15)19-11-14-7-6-10-18-14;1-4(2)3;/h5-13,18H,1-4H3;2*5-13H,1-4H3;1-3H3;/q;2*-1;;+2/p+1. The number of benzene rings is 3. The second kappa shape index (κ2) is 27.5. The van der Waals surface area contributed by atoms with Gasteiger partial charge in [-0.25, -0.2) is 0 Å². The Bertz CT molecular complexity index is 1880. The SMILES string of the molecule is CC(C)c1cccc(C(C)C)c1N=Cc1ccc[n-]1.CC(C)c1cccc(C(C)C)c1N=Cc1ccc[n-]1.CC(C)c1cccc(C(C)C)c1N=Cc1ccc[nH]1.C[PH+](C)C.[Co+2]. The van der Waals surface area contributed by atoms with Gasteiger partial charge >= 0.3 is 16.8 Å². The van der Waals surface area contributed by atoms with Gasteiger partial charge in [-0.05, 0) is 88.9 Å². The first kappa shape index (κ1) is 53.6. The van der Waals surface area contributed by atoms with E-state index in [4.69, 9.17) is 15.0 Å². The maximum Gasteiger partial charge on any atom is 2.00 e. The number of aromatic nitrogens is 3. The Morgan fingerprint density at radius 1 is 0.419 bits per heavy atom. The van der Waals surface area contributed by atoms with E-state index in [2.05, 4.69) is 173 Å². The third-order valence-electron chi connectivity index (χ3n) is 9.79. The van der Waals surface area contributed by atoms with Gasteiger partial charge in [0.1, 0.15) is 0 Å². The van der Waals surface area contributed by atoms with Crippen LogP contribution < -0.4 is 9.97 Å². The Balaban J connectivity index is 0.000000304. The zero-order chi connectivity index (χ0) is 45.1. The van der Waals surface area contributed by atoms with Crippen molar-refractivity contribution < 1.29 is 16.8 Å². The molecule has 6 aromatic rings. The summed E-state index contributed by atoms with van der Waals surface area (Å²) >= 11 is 0. The van der Waals surface area contributed by atoms with Crippen LogP contribution in [0.5, 0.6) is 0 Å². The van der Waals surface area contributed by atoms with Crippen LogP contribution in [0.4, 0.5) is 17.1 Å². The molecule has 0 saturated carbocycles. The maximum absolute atomic E-state index is 4.73. The topological polar surface area (TPSA) is 81.1 Å². The van der Waals surface area contributed by atoms with Gasteiger partial charge in [0.25, 0.3) is 0 Å². The van der Waals surface area contributed by atoms with Gasteiger partial charge in [0.15, 0.2) is 0 Å². The van der Waals surface area contributed by atoms with E-state index in [9.17, 15) is 0 Å². The van der Waals surface area contributed by atoms with E-state index < -0.39 is 0 Å². The molecule has 6 nitrogen and oxygen atoms in total. The van der Waals surface area contributed by atoms with Crippen LogP contribution in [0.25, 0.3) is 0 Å². The molecule has 1 N–H and O–H groups in total. The van der Waals surface area contributed by atoms with Crippen molar-refractivity contribution in [2.24, 2.45) is 15.0 Å². The summed E-state index contributed by atoms with van der Waals surface area (Å²) in [6.45, 7) is 33.3. The van der Waals surface area contributed by atoms with Crippen LogP contribution in [-0.4, -0.2) is 43.6 Å². The first-order valence-corrected chi connectivity index (χ1v) is 25.1. The van der Waals surface area contributed by atoms with E-state index >= 15 is 0 Å². The van der Waals surface area contributed by atoms with E-state index in [1.165, 1.54) is 33.4 Å². The normalized spacial score (nSPS) is 11.5. The molecule has 62 heavy (non-hydrogen) atoms. The van der Waals surface area contributed by atoms with E-state index in [1.54, 1.807) is 12.4 Å². The zero-order valence-electron chi connectivity index (χ0n) is 40.2. The zero-order valence-corrected chi connectivity index (χ0v) is 42.2. The molecule has 0 fully saturated rings. The van der Waals surface area contributed by atoms with Gasteiger partial charge in [0.2, 0.25) is 0 Å². The molecule has 3 heterocycles. The smallest absolute Gasteiger partial charge is 0.663 e. The Kier molecular flexibility index (Phi) is 23.8. The van der Waals surface area contributed by atoms with Gasteiger partial charge in [-0.3, -0.25) is 15.0 Å². The fourth-order valence-electron chi connectivity index (χ4n) is 6.58. The number of aromatic amines is 1. The van der Waals surface area contributed by atoms with Crippen LogP contribution >= 0.6 is 7.92 Å². The molecule has 0 aliphatic carbocycles. The Morgan fingerprint density at radius 2 is 0.710 bits per heavy atom. The molecule has 0 bridgehead atoms. The molecule has 0 spiro atoms. The second-order valence-electron chi connectivity index (χ2n) is 17.8. The first-order valence-electron chi connectivity index (χ1n) is 22.1. The predicted molar refractivity (Wildman–Crippen MR) is 272 cm³/mol. The van der Waals surface area contributed by atoms with Crippen LogP contribution in [-0.2, 0) is 16.8 Å². The minimum atomic E-state index is 0. The summed E-state index contributed by atoms with van der Waals surface area (Å²) in [6.07, 6.45) is 11.1. The fraction of sp³-hybridized carbons (Fsp3) is 0.389. The number of rotatable bonds is 12. The van der Waals surface area contributed by atoms with Crippen LogP contribution in [0, 0.1) is 0 Å². The fourth-order valence-corrected chi connectivity index (χ4v) is 6.58. The summed E-state index contributed by atoms with van der Waals surface area (Å²) in [4.78, 5) is 25.8. The average molecular weight is 897 g/mol. The molecule has 8 heteroatoms. The molecule has 0 unspecified atom stereocenters. The number of hydrogen-bond donors (Lipinski definition) is 1. The van der Waals surface area contributed by atoms with Crippen LogP contribution in [0.2, 0.25) is 0 Å². The first-order chi connectivity index (χ1) is 29.0. The number of para-hydroxylation sites is 3. The molecule has 6 rings (SSSR count). The molecule has 3 aromatic carbocycles. The third kappa shape index (κ3) is 17.3. The van der Waals surface area contributed by atoms with Gasteiger partial charge in [0.05, 0.1) is 29.0 Å². The number of aliphatic imine (C=N–C) groups is 3. The summed E-state index contributed by atoms with van der Waals surface area (Å²) in [5.41, 5.74) is 14.0. The van der Waals surface area contributed by atoms with Crippen molar-refractivity contribution in [2.75, 3.05) is 20.0 Å². The molecule has 1 radical (unpaired) electrons. The monoisotopic (exact) mass is 897 g/mol. The van der Waals surface area contributed by atoms with E-state index in [1.807, 2.05) is 61.2 Å². The molecule has 0 aliphatic rings. The van der Waals surface area contributed by atoms with E-state index in [0.29, 0.717) is 35.5 Å². The van der Waals surface area contributed by atoms with Gasteiger partial charge in [-0.1, -0.05) is 162 Å². The summed E-state index contributed by atoms with van der Waals surface area (Å²) in [6, 6.07) is 31.2. The van der Waals surface area contributed by atoms with Crippen molar-refractivity contribution in [1.82, 2.24) is 15.0 Å². The minimum absolute atomic E-state index is 0. The van der Waals surface area contributed by atoms with Crippen LogP contribution in [0.3, 0.4) is 0 Å². The average Bonchev–Trinajstić information content (AvgIpc) is 4.04.